The first-order valence-electron chi connectivity index (χ1n) is 5.28. The Morgan fingerprint density at radius 3 is 2.93 bits per heavy atom. The summed E-state index contributed by atoms with van der Waals surface area (Å²) in [6.45, 7) is 1.82. The minimum absolute atomic E-state index is 0.104. The summed E-state index contributed by atoms with van der Waals surface area (Å²) in [5.74, 6) is 0.209. The zero-order chi connectivity index (χ0) is 10.5. The van der Waals surface area contributed by atoms with Gasteiger partial charge in [-0.3, -0.25) is 9.78 Å². The maximum atomic E-state index is 11.8. The Morgan fingerprint density at radius 2 is 2.27 bits per heavy atom. The lowest BCUT2D eigenvalue weighted by molar-refractivity contribution is -0.120. The van der Waals surface area contributed by atoms with E-state index in [0.717, 1.165) is 31.6 Å². The number of hydrogen-bond donors (Lipinski definition) is 2. The molecule has 0 spiro atoms. The third-order valence-corrected chi connectivity index (χ3v) is 2.62. The molecule has 1 aromatic rings. The van der Waals surface area contributed by atoms with Crippen LogP contribution in [0.3, 0.4) is 0 Å². The number of pyridine rings is 1. The van der Waals surface area contributed by atoms with Gasteiger partial charge in [0.15, 0.2) is 0 Å². The predicted octanol–water partition coefficient (Wildman–Crippen LogP) is 1.02. The molecule has 0 unspecified atom stereocenters. The zero-order valence-electron chi connectivity index (χ0n) is 8.57. The van der Waals surface area contributed by atoms with Gasteiger partial charge in [0.1, 0.15) is 0 Å². The number of nitrogens with one attached hydrogen (secondary N) is 2. The molecular weight excluding hydrogens is 190 g/mol. The van der Waals surface area contributed by atoms with Crippen LogP contribution in [0.15, 0.2) is 24.5 Å². The van der Waals surface area contributed by atoms with Gasteiger partial charge in [-0.1, -0.05) is 0 Å². The lowest BCUT2D eigenvalue weighted by atomic mass is 9.99. The maximum Gasteiger partial charge on any atom is 0.228 e. The second kappa shape index (κ2) is 4.89. The summed E-state index contributed by atoms with van der Waals surface area (Å²) in [5, 5.41) is 6.12. The summed E-state index contributed by atoms with van der Waals surface area (Å²) >= 11 is 0. The van der Waals surface area contributed by atoms with Crippen molar-refractivity contribution >= 4 is 11.6 Å². The van der Waals surface area contributed by atoms with Crippen molar-refractivity contribution in [1.29, 1.82) is 0 Å². The SMILES string of the molecule is O=C(Nc1ccncc1)[C@H]1CCCNC1. The molecule has 4 heteroatoms. The van der Waals surface area contributed by atoms with Crippen LogP contribution in [0.4, 0.5) is 5.69 Å². The minimum atomic E-state index is 0.104. The summed E-state index contributed by atoms with van der Waals surface area (Å²) in [4.78, 5) is 15.7. The highest BCUT2D eigenvalue weighted by atomic mass is 16.1. The van der Waals surface area contributed by atoms with Crippen LogP contribution in [0.1, 0.15) is 12.8 Å². The van der Waals surface area contributed by atoms with Crippen molar-refractivity contribution in [2.24, 2.45) is 5.92 Å². The Labute approximate surface area is 89.1 Å². The van der Waals surface area contributed by atoms with E-state index in [-0.39, 0.29) is 11.8 Å². The fraction of sp³-hybridized carbons (Fsp3) is 0.455. The predicted molar refractivity (Wildman–Crippen MR) is 58.5 cm³/mol. The lowest BCUT2D eigenvalue weighted by Crippen LogP contribution is -2.37. The van der Waals surface area contributed by atoms with Gasteiger partial charge in [0, 0.05) is 24.6 Å². The van der Waals surface area contributed by atoms with Gasteiger partial charge >= 0.3 is 0 Å². The third kappa shape index (κ3) is 2.76. The summed E-state index contributed by atoms with van der Waals surface area (Å²) < 4.78 is 0. The maximum absolute atomic E-state index is 11.8. The smallest absolute Gasteiger partial charge is 0.228 e. The molecule has 0 aromatic carbocycles. The van der Waals surface area contributed by atoms with Gasteiger partial charge in [0.25, 0.3) is 0 Å². The Morgan fingerprint density at radius 1 is 1.47 bits per heavy atom. The Hall–Kier alpha value is -1.42. The second-order valence-corrected chi connectivity index (χ2v) is 3.77. The molecule has 2 rings (SSSR count). The normalized spacial score (nSPS) is 20.9. The monoisotopic (exact) mass is 205 g/mol. The van der Waals surface area contributed by atoms with Crippen molar-refractivity contribution in [2.45, 2.75) is 12.8 Å². The molecule has 2 heterocycles. The van der Waals surface area contributed by atoms with Crippen LogP contribution in [-0.4, -0.2) is 24.0 Å². The minimum Gasteiger partial charge on any atom is -0.326 e. The Kier molecular flexibility index (Phi) is 3.29. The third-order valence-electron chi connectivity index (χ3n) is 2.62. The summed E-state index contributed by atoms with van der Waals surface area (Å²) in [7, 11) is 0. The van der Waals surface area contributed by atoms with Crippen molar-refractivity contribution in [3.63, 3.8) is 0 Å². The number of piperidine rings is 1. The molecule has 0 bridgehead atoms. The molecule has 1 amide bonds. The summed E-state index contributed by atoms with van der Waals surface area (Å²) in [5.41, 5.74) is 0.820. The number of carbonyl (C=O) groups is 1. The molecule has 0 radical (unpaired) electrons. The molecule has 1 aromatic heterocycles. The largest absolute Gasteiger partial charge is 0.326 e. The standard InChI is InChI=1S/C11H15N3O/c15-11(9-2-1-5-13-8-9)14-10-3-6-12-7-4-10/h3-4,6-7,9,13H,1-2,5,8H2,(H,12,14,15)/t9-/m0/s1. The van der Waals surface area contributed by atoms with Gasteiger partial charge in [-0.2, -0.15) is 0 Å². The number of aromatic nitrogens is 1. The summed E-state index contributed by atoms with van der Waals surface area (Å²) in [6.07, 6.45) is 5.40. The van der Waals surface area contributed by atoms with E-state index in [9.17, 15) is 4.79 Å². The van der Waals surface area contributed by atoms with Crippen LogP contribution in [0.25, 0.3) is 0 Å². The van der Waals surface area contributed by atoms with Crippen molar-refractivity contribution in [2.75, 3.05) is 18.4 Å². The van der Waals surface area contributed by atoms with Crippen LogP contribution in [0.2, 0.25) is 0 Å². The van der Waals surface area contributed by atoms with Gasteiger partial charge < -0.3 is 10.6 Å². The highest BCUT2D eigenvalue weighted by molar-refractivity contribution is 5.92. The van der Waals surface area contributed by atoms with Crippen molar-refractivity contribution in [1.82, 2.24) is 10.3 Å². The highest BCUT2D eigenvalue weighted by Crippen LogP contribution is 2.13. The molecule has 1 atom stereocenters. The molecule has 1 fully saturated rings. The van der Waals surface area contributed by atoms with Crippen LogP contribution in [-0.2, 0) is 4.79 Å². The first-order chi connectivity index (χ1) is 7.36. The van der Waals surface area contributed by atoms with E-state index in [1.165, 1.54) is 0 Å². The van der Waals surface area contributed by atoms with E-state index in [1.807, 2.05) is 0 Å². The summed E-state index contributed by atoms with van der Waals surface area (Å²) in [6, 6.07) is 3.60. The second-order valence-electron chi connectivity index (χ2n) is 3.77. The van der Waals surface area contributed by atoms with Crippen LogP contribution < -0.4 is 10.6 Å². The number of anilines is 1. The molecule has 1 aliphatic heterocycles. The molecule has 80 valence electrons. The van der Waals surface area contributed by atoms with E-state index in [4.69, 9.17) is 0 Å². The van der Waals surface area contributed by atoms with E-state index in [1.54, 1.807) is 24.5 Å². The average molecular weight is 205 g/mol. The van der Waals surface area contributed by atoms with Gasteiger partial charge in [-0.25, -0.2) is 0 Å². The van der Waals surface area contributed by atoms with Crippen molar-refractivity contribution in [3.8, 4) is 0 Å². The molecule has 15 heavy (non-hydrogen) atoms. The molecule has 1 saturated heterocycles. The Balaban J connectivity index is 1.91. The van der Waals surface area contributed by atoms with Gasteiger partial charge in [0.2, 0.25) is 5.91 Å². The quantitative estimate of drug-likeness (QED) is 0.758. The van der Waals surface area contributed by atoms with Crippen LogP contribution in [0, 0.1) is 5.92 Å². The van der Waals surface area contributed by atoms with E-state index < -0.39 is 0 Å². The topological polar surface area (TPSA) is 54.0 Å². The number of nitrogens with zero attached hydrogens (tertiary/aromatic N) is 1. The van der Waals surface area contributed by atoms with E-state index >= 15 is 0 Å². The molecule has 0 saturated carbocycles. The molecule has 1 aliphatic rings. The van der Waals surface area contributed by atoms with Gasteiger partial charge in [0.05, 0.1) is 5.92 Å². The molecular formula is C11H15N3O. The van der Waals surface area contributed by atoms with Gasteiger partial charge in [-0.15, -0.1) is 0 Å². The zero-order valence-corrected chi connectivity index (χ0v) is 8.57. The molecule has 0 aliphatic carbocycles. The highest BCUT2D eigenvalue weighted by Gasteiger charge is 2.20. The number of amides is 1. The fourth-order valence-electron chi connectivity index (χ4n) is 1.76. The average Bonchev–Trinajstić information content (AvgIpc) is 2.31. The number of rotatable bonds is 2. The fourth-order valence-corrected chi connectivity index (χ4v) is 1.76. The first kappa shape index (κ1) is 10.1. The van der Waals surface area contributed by atoms with Crippen LogP contribution in [0.5, 0.6) is 0 Å². The molecule has 4 nitrogen and oxygen atoms in total. The van der Waals surface area contributed by atoms with Crippen molar-refractivity contribution < 1.29 is 4.79 Å². The number of hydrogen-bond acceptors (Lipinski definition) is 3. The van der Waals surface area contributed by atoms with E-state index in [0.29, 0.717) is 0 Å². The van der Waals surface area contributed by atoms with Crippen LogP contribution >= 0.6 is 0 Å². The lowest BCUT2D eigenvalue weighted by Gasteiger charge is -2.21. The first-order valence-corrected chi connectivity index (χ1v) is 5.28. The molecule has 2 N–H and O–H groups in total. The van der Waals surface area contributed by atoms with Crippen molar-refractivity contribution in [3.05, 3.63) is 24.5 Å². The van der Waals surface area contributed by atoms with Gasteiger partial charge in [-0.05, 0) is 31.5 Å². The Bertz CT molecular complexity index is 320. The van der Waals surface area contributed by atoms with E-state index in [2.05, 4.69) is 15.6 Å². The number of carbonyl (C=O) groups excluding carboxylic acids is 1.